The third kappa shape index (κ3) is 2.40. The lowest BCUT2D eigenvalue weighted by Crippen LogP contribution is -2.49. The number of methoxy groups -OCH3 is 1. The highest BCUT2D eigenvalue weighted by atomic mass is 16.5. The number of carbonyl (C=O) groups excluding carboxylic acids is 1. The molecule has 2 rings (SSSR count). The summed E-state index contributed by atoms with van der Waals surface area (Å²) < 4.78 is 4.95. The normalized spacial score (nSPS) is 20.4. The van der Waals surface area contributed by atoms with Gasteiger partial charge in [0.15, 0.2) is 0 Å². The average molecular weight is 248 g/mol. The Labute approximate surface area is 108 Å². The summed E-state index contributed by atoms with van der Waals surface area (Å²) in [4.78, 5) is 14.1. The Morgan fingerprint density at radius 1 is 1.56 bits per heavy atom. The lowest BCUT2D eigenvalue weighted by atomic mass is 9.93. The molecule has 0 saturated carbocycles. The number of benzene rings is 1. The maximum atomic E-state index is 12.2. The van der Waals surface area contributed by atoms with Crippen LogP contribution in [0.2, 0.25) is 0 Å². The van der Waals surface area contributed by atoms with Crippen molar-refractivity contribution in [2.45, 2.75) is 25.4 Å². The molecule has 1 aliphatic heterocycles. The molecule has 0 aromatic heterocycles. The molecule has 0 radical (unpaired) electrons. The minimum absolute atomic E-state index is 0.0288. The van der Waals surface area contributed by atoms with E-state index >= 15 is 0 Å². The van der Waals surface area contributed by atoms with Crippen molar-refractivity contribution < 1.29 is 9.53 Å². The van der Waals surface area contributed by atoms with Crippen LogP contribution in [0.15, 0.2) is 24.3 Å². The minimum Gasteiger partial charge on any atom is -0.383 e. The van der Waals surface area contributed by atoms with Crippen LogP contribution < -0.4 is 5.73 Å². The van der Waals surface area contributed by atoms with Crippen molar-refractivity contribution in [3.63, 3.8) is 0 Å². The molecule has 1 aliphatic rings. The zero-order valence-electron chi connectivity index (χ0n) is 10.9. The number of amides is 1. The molecule has 4 heteroatoms. The highest BCUT2D eigenvalue weighted by Crippen LogP contribution is 2.29. The van der Waals surface area contributed by atoms with Crippen LogP contribution >= 0.6 is 0 Å². The van der Waals surface area contributed by atoms with Gasteiger partial charge < -0.3 is 15.4 Å². The Morgan fingerprint density at radius 3 is 3.00 bits per heavy atom. The first-order chi connectivity index (χ1) is 8.65. The Bertz CT molecular complexity index is 434. The molecule has 18 heavy (non-hydrogen) atoms. The quantitative estimate of drug-likeness (QED) is 0.871. The van der Waals surface area contributed by atoms with E-state index in [4.69, 9.17) is 10.5 Å². The first kappa shape index (κ1) is 13.1. The van der Waals surface area contributed by atoms with Crippen LogP contribution in [0.3, 0.4) is 0 Å². The molecule has 2 N–H and O–H groups in total. The molecule has 0 saturated heterocycles. The maximum absolute atomic E-state index is 12.2. The van der Waals surface area contributed by atoms with Gasteiger partial charge in [0.25, 0.3) is 0 Å². The van der Waals surface area contributed by atoms with Crippen molar-refractivity contribution >= 4 is 5.91 Å². The number of fused-ring (bicyclic) bond motifs is 1. The molecule has 2 unspecified atom stereocenters. The predicted octanol–water partition coefficient (Wildman–Crippen LogP) is 1.11. The Kier molecular flexibility index (Phi) is 3.99. The van der Waals surface area contributed by atoms with Crippen LogP contribution in [0.25, 0.3) is 0 Å². The van der Waals surface area contributed by atoms with Gasteiger partial charge in [-0.25, -0.2) is 0 Å². The summed E-state index contributed by atoms with van der Waals surface area (Å²) in [5.41, 5.74) is 8.38. The molecular formula is C14H20N2O2. The molecule has 0 bridgehead atoms. The van der Waals surface area contributed by atoms with E-state index < -0.39 is 6.04 Å². The summed E-state index contributed by atoms with van der Waals surface area (Å²) in [5, 5.41) is 0. The second kappa shape index (κ2) is 5.50. The van der Waals surface area contributed by atoms with E-state index in [1.807, 2.05) is 17.0 Å². The molecule has 1 amide bonds. The fourth-order valence-electron chi connectivity index (χ4n) is 2.54. The SMILES string of the molecule is COCC(N)C(=O)N1CCc2ccccc2C1C. The van der Waals surface area contributed by atoms with E-state index in [0.717, 1.165) is 13.0 Å². The van der Waals surface area contributed by atoms with Gasteiger partial charge in [0, 0.05) is 13.7 Å². The average Bonchev–Trinajstić information content (AvgIpc) is 2.39. The molecule has 0 fully saturated rings. The molecule has 1 heterocycles. The molecule has 98 valence electrons. The van der Waals surface area contributed by atoms with Crippen molar-refractivity contribution in [1.82, 2.24) is 4.90 Å². The van der Waals surface area contributed by atoms with Crippen LogP contribution in [-0.4, -0.2) is 37.1 Å². The van der Waals surface area contributed by atoms with Crippen molar-refractivity contribution in [2.75, 3.05) is 20.3 Å². The molecule has 2 atom stereocenters. The second-order valence-electron chi connectivity index (χ2n) is 4.72. The second-order valence-corrected chi connectivity index (χ2v) is 4.72. The molecule has 1 aromatic carbocycles. The lowest BCUT2D eigenvalue weighted by molar-refractivity contribution is -0.136. The molecule has 0 spiro atoms. The summed E-state index contributed by atoms with van der Waals surface area (Å²) in [6.07, 6.45) is 0.895. The fraction of sp³-hybridized carbons (Fsp3) is 0.500. The third-order valence-electron chi connectivity index (χ3n) is 3.54. The number of hydrogen-bond donors (Lipinski definition) is 1. The monoisotopic (exact) mass is 248 g/mol. The summed E-state index contributed by atoms with van der Waals surface area (Å²) in [5.74, 6) is -0.0288. The Balaban J connectivity index is 2.16. The van der Waals surface area contributed by atoms with E-state index in [1.54, 1.807) is 7.11 Å². The highest BCUT2D eigenvalue weighted by molar-refractivity contribution is 5.82. The number of ether oxygens (including phenoxy) is 1. The summed E-state index contributed by atoms with van der Waals surface area (Å²) in [6, 6.07) is 7.79. The standard InChI is InChI=1S/C14H20N2O2/c1-10-12-6-4-3-5-11(12)7-8-16(10)14(17)13(15)9-18-2/h3-6,10,13H,7-9,15H2,1-2H3. The van der Waals surface area contributed by atoms with E-state index in [9.17, 15) is 4.79 Å². The number of nitrogens with two attached hydrogens (primary N) is 1. The van der Waals surface area contributed by atoms with Gasteiger partial charge in [0.1, 0.15) is 6.04 Å². The van der Waals surface area contributed by atoms with Gasteiger partial charge >= 0.3 is 0 Å². The number of carbonyl (C=O) groups is 1. The van der Waals surface area contributed by atoms with E-state index in [1.165, 1.54) is 11.1 Å². The lowest BCUT2D eigenvalue weighted by Gasteiger charge is -2.36. The minimum atomic E-state index is -0.567. The van der Waals surface area contributed by atoms with Gasteiger partial charge in [-0.3, -0.25) is 4.79 Å². The predicted molar refractivity (Wildman–Crippen MR) is 70.1 cm³/mol. The summed E-state index contributed by atoms with van der Waals surface area (Å²) >= 11 is 0. The van der Waals surface area contributed by atoms with Gasteiger partial charge in [0.05, 0.1) is 12.6 Å². The smallest absolute Gasteiger partial charge is 0.242 e. The zero-order chi connectivity index (χ0) is 13.1. The van der Waals surface area contributed by atoms with E-state index in [-0.39, 0.29) is 18.6 Å². The summed E-state index contributed by atoms with van der Waals surface area (Å²) in [6.45, 7) is 3.05. The van der Waals surface area contributed by atoms with Crippen molar-refractivity contribution in [1.29, 1.82) is 0 Å². The van der Waals surface area contributed by atoms with Crippen LogP contribution in [0.5, 0.6) is 0 Å². The zero-order valence-corrected chi connectivity index (χ0v) is 10.9. The fourth-order valence-corrected chi connectivity index (χ4v) is 2.54. The van der Waals surface area contributed by atoms with Gasteiger partial charge in [-0.05, 0) is 24.5 Å². The molecular weight excluding hydrogens is 228 g/mol. The molecule has 1 aromatic rings. The first-order valence-corrected chi connectivity index (χ1v) is 6.28. The van der Waals surface area contributed by atoms with Gasteiger partial charge in [-0.1, -0.05) is 24.3 Å². The van der Waals surface area contributed by atoms with Crippen LogP contribution in [0, 0.1) is 0 Å². The molecule has 0 aliphatic carbocycles. The van der Waals surface area contributed by atoms with Crippen molar-refractivity contribution in [2.24, 2.45) is 5.73 Å². The van der Waals surface area contributed by atoms with Crippen LogP contribution in [-0.2, 0) is 16.0 Å². The van der Waals surface area contributed by atoms with Crippen molar-refractivity contribution in [3.05, 3.63) is 35.4 Å². The van der Waals surface area contributed by atoms with Gasteiger partial charge in [0.2, 0.25) is 5.91 Å². The van der Waals surface area contributed by atoms with Gasteiger partial charge in [-0.15, -0.1) is 0 Å². The largest absolute Gasteiger partial charge is 0.383 e. The maximum Gasteiger partial charge on any atom is 0.242 e. The Morgan fingerprint density at radius 2 is 2.28 bits per heavy atom. The van der Waals surface area contributed by atoms with Gasteiger partial charge in [-0.2, -0.15) is 0 Å². The number of hydrogen-bond acceptors (Lipinski definition) is 3. The van der Waals surface area contributed by atoms with E-state index in [2.05, 4.69) is 19.1 Å². The van der Waals surface area contributed by atoms with Crippen LogP contribution in [0.1, 0.15) is 24.1 Å². The topological polar surface area (TPSA) is 55.6 Å². The number of rotatable bonds is 3. The van der Waals surface area contributed by atoms with E-state index in [0.29, 0.717) is 0 Å². The molecule has 4 nitrogen and oxygen atoms in total. The Hall–Kier alpha value is -1.39. The van der Waals surface area contributed by atoms with Crippen molar-refractivity contribution in [3.8, 4) is 0 Å². The van der Waals surface area contributed by atoms with Crippen LogP contribution in [0.4, 0.5) is 0 Å². The highest BCUT2D eigenvalue weighted by Gasteiger charge is 2.30. The first-order valence-electron chi connectivity index (χ1n) is 6.28. The third-order valence-corrected chi connectivity index (χ3v) is 3.54. The number of nitrogens with zero attached hydrogens (tertiary/aromatic N) is 1. The summed E-state index contributed by atoms with van der Waals surface area (Å²) in [7, 11) is 1.56.